The van der Waals surface area contributed by atoms with Crippen LogP contribution in [0.4, 0.5) is 0 Å². The molecular weight excluding hydrogens is 448 g/mol. The second-order valence-electron chi connectivity index (χ2n) is 8.98. The van der Waals surface area contributed by atoms with Crippen LogP contribution in [-0.4, -0.2) is 68.8 Å². The molecule has 180 valence electrons. The Balaban J connectivity index is 1.46. The maximum absolute atomic E-state index is 10.4. The number of hydrogen-bond acceptors (Lipinski definition) is 7. The fraction of sp³-hybridized carbons (Fsp3) is 0.520. The first-order valence-corrected chi connectivity index (χ1v) is 11.8. The summed E-state index contributed by atoms with van der Waals surface area (Å²) in [5.41, 5.74) is 2.43. The van der Waals surface area contributed by atoms with Crippen molar-refractivity contribution in [2.45, 2.75) is 74.8 Å². The molecule has 5 N–H and O–H groups in total. The van der Waals surface area contributed by atoms with Crippen LogP contribution in [0.3, 0.4) is 0 Å². The Labute approximate surface area is 198 Å². The zero-order valence-electron chi connectivity index (χ0n) is 18.3. The van der Waals surface area contributed by atoms with Gasteiger partial charge in [-0.2, -0.15) is 0 Å². The third-order valence-corrected chi connectivity index (χ3v) is 6.88. The summed E-state index contributed by atoms with van der Waals surface area (Å²) in [5, 5.41) is 50.4. The van der Waals surface area contributed by atoms with E-state index in [0.29, 0.717) is 23.4 Å². The zero-order valence-corrected chi connectivity index (χ0v) is 19.0. The number of halogens is 1. The third kappa shape index (κ3) is 5.69. The van der Waals surface area contributed by atoms with Crippen molar-refractivity contribution in [2.24, 2.45) is 0 Å². The van der Waals surface area contributed by atoms with E-state index in [4.69, 9.17) is 21.1 Å². The lowest BCUT2D eigenvalue weighted by atomic mass is 9.90. The van der Waals surface area contributed by atoms with Crippen molar-refractivity contribution >= 4 is 11.6 Å². The molecule has 0 bridgehead atoms. The predicted octanol–water partition coefficient (Wildman–Crippen LogP) is 2.13. The lowest BCUT2D eigenvalue weighted by molar-refractivity contribution is -0.231. The molecule has 0 radical (unpaired) electrons. The molecule has 8 heteroatoms. The molecule has 2 aromatic carbocycles. The van der Waals surface area contributed by atoms with Crippen LogP contribution in [0.1, 0.15) is 48.5 Å². The van der Waals surface area contributed by atoms with Gasteiger partial charge >= 0.3 is 0 Å². The first-order chi connectivity index (χ1) is 15.9. The standard InChI is InChI=1S/C25H31ClO7/c26-20-9-6-15(25-24(31)23(30)22(29)21(13-27)33-25)11-16(20)10-14-4-7-18(8-5-14)32-19-3-1-2-17(28)12-19/h4-9,11,17,19,21-25,27-31H,1-3,10,12-13H2/t17-,19?,21-,22-,23+,24-,25+/m1/s1. The molecule has 1 unspecified atom stereocenters. The Bertz CT molecular complexity index is 919. The van der Waals surface area contributed by atoms with Crippen molar-refractivity contribution in [1.82, 2.24) is 0 Å². The van der Waals surface area contributed by atoms with Gasteiger partial charge in [0.25, 0.3) is 0 Å². The van der Waals surface area contributed by atoms with E-state index >= 15 is 0 Å². The molecule has 1 aliphatic heterocycles. The summed E-state index contributed by atoms with van der Waals surface area (Å²) in [6.07, 6.45) is -2.37. The molecule has 7 atom stereocenters. The van der Waals surface area contributed by atoms with Gasteiger partial charge in [0.1, 0.15) is 42.4 Å². The van der Waals surface area contributed by atoms with Crippen molar-refractivity contribution < 1.29 is 35.0 Å². The molecule has 0 spiro atoms. The number of ether oxygens (including phenoxy) is 2. The zero-order chi connectivity index (χ0) is 23.5. The van der Waals surface area contributed by atoms with Gasteiger partial charge in [0.15, 0.2) is 0 Å². The normalized spacial score (nSPS) is 32.5. The first kappa shape index (κ1) is 24.4. The van der Waals surface area contributed by atoms with Crippen molar-refractivity contribution in [3.8, 4) is 5.75 Å². The van der Waals surface area contributed by atoms with Gasteiger partial charge in [-0.25, -0.2) is 0 Å². The number of aliphatic hydroxyl groups excluding tert-OH is 5. The van der Waals surface area contributed by atoms with E-state index < -0.39 is 37.1 Å². The fourth-order valence-corrected chi connectivity index (χ4v) is 4.79. The average molecular weight is 479 g/mol. The van der Waals surface area contributed by atoms with E-state index in [1.54, 1.807) is 12.1 Å². The summed E-state index contributed by atoms with van der Waals surface area (Å²) in [6.45, 7) is -0.476. The Morgan fingerprint density at radius 1 is 0.939 bits per heavy atom. The van der Waals surface area contributed by atoms with Gasteiger partial charge < -0.3 is 35.0 Å². The molecule has 1 heterocycles. The highest BCUT2D eigenvalue weighted by molar-refractivity contribution is 6.31. The minimum Gasteiger partial charge on any atom is -0.490 e. The van der Waals surface area contributed by atoms with Gasteiger partial charge in [0.05, 0.1) is 12.7 Å². The van der Waals surface area contributed by atoms with Gasteiger partial charge in [-0.1, -0.05) is 35.9 Å². The van der Waals surface area contributed by atoms with Gasteiger partial charge in [-0.15, -0.1) is 0 Å². The summed E-state index contributed by atoms with van der Waals surface area (Å²) < 4.78 is 11.7. The third-order valence-electron chi connectivity index (χ3n) is 6.51. The molecule has 33 heavy (non-hydrogen) atoms. The molecule has 2 aromatic rings. The van der Waals surface area contributed by atoms with E-state index in [-0.39, 0.29) is 12.2 Å². The SMILES string of the molecule is OC[C@H]1O[C@@H](c2ccc(Cl)c(Cc3ccc(OC4CCC[C@@H](O)C4)cc3)c2)[C@H](O)[C@@H](O)[C@@H]1O. The number of aliphatic hydroxyl groups is 5. The van der Waals surface area contributed by atoms with E-state index in [9.17, 15) is 25.5 Å². The van der Waals surface area contributed by atoms with Crippen LogP contribution in [0.25, 0.3) is 0 Å². The Morgan fingerprint density at radius 3 is 2.39 bits per heavy atom. The first-order valence-electron chi connectivity index (χ1n) is 11.4. The second kappa shape index (κ2) is 10.7. The molecule has 1 saturated carbocycles. The largest absolute Gasteiger partial charge is 0.490 e. The topological polar surface area (TPSA) is 120 Å². The van der Waals surface area contributed by atoms with Gasteiger partial charge in [-0.05, 0) is 60.6 Å². The van der Waals surface area contributed by atoms with Crippen molar-refractivity contribution in [3.05, 3.63) is 64.2 Å². The molecule has 7 nitrogen and oxygen atoms in total. The molecule has 0 aromatic heterocycles. The van der Waals surface area contributed by atoms with E-state index in [1.807, 2.05) is 30.3 Å². The number of hydrogen-bond donors (Lipinski definition) is 5. The summed E-state index contributed by atoms with van der Waals surface area (Å²) >= 11 is 6.42. The molecule has 2 fully saturated rings. The minimum absolute atomic E-state index is 0.0317. The summed E-state index contributed by atoms with van der Waals surface area (Å²) in [6, 6.07) is 13.0. The van der Waals surface area contributed by atoms with Gasteiger partial charge in [0, 0.05) is 11.4 Å². The molecule has 1 aliphatic carbocycles. The minimum atomic E-state index is -1.43. The smallest absolute Gasteiger partial charge is 0.119 e. The molecule has 4 rings (SSSR count). The van der Waals surface area contributed by atoms with Crippen LogP contribution in [-0.2, 0) is 11.2 Å². The Kier molecular flexibility index (Phi) is 7.91. The van der Waals surface area contributed by atoms with Crippen LogP contribution in [0.5, 0.6) is 5.75 Å². The summed E-state index contributed by atoms with van der Waals surface area (Å²) in [4.78, 5) is 0. The summed E-state index contributed by atoms with van der Waals surface area (Å²) in [5.74, 6) is 0.763. The quantitative estimate of drug-likeness (QED) is 0.431. The van der Waals surface area contributed by atoms with E-state index in [1.165, 1.54) is 0 Å². The van der Waals surface area contributed by atoms with Gasteiger partial charge in [-0.3, -0.25) is 0 Å². The van der Waals surface area contributed by atoms with Crippen molar-refractivity contribution in [3.63, 3.8) is 0 Å². The van der Waals surface area contributed by atoms with Crippen molar-refractivity contribution in [2.75, 3.05) is 6.61 Å². The van der Waals surface area contributed by atoms with E-state index in [0.717, 1.165) is 36.1 Å². The highest BCUT2D eigenvalue weighted by atomic mass is 35.5. The van der Waals surface area contributed by atoms with Crippen LogP contribution in [0.15, 0.2) is 42.5 Å². The monoisotopic (exact) mass is 478 g/mol. The molecule has 0 amide bonds. The maximum Gasteiger partial charge on any atom is 0.119 e. The van der Waals surface area contributed by atoms with Crippen LogP contribution in [0.2, 0.25) is 5.02 Å². The van der Waals surface area contributed by atoms with Gasteiger partial charge in [0.2, 0.25) is 0 Å². The molecule has 2 aliphatic rings. The molecular formula is C25H31ClO7. The number of benzene rings is 2. The Hall–Kier alpha value is -1.71. The Morgan fingerprint density at radius 2 is 1.70 bits per heavy atom. The van der Waals surface area contributed by atoms with E-state index in [2.05, 4.69) is 0 Å². The van der Waals surface area contributed by atoms with Crippen LogP contribution < -0.4 is 4.74 Å². The number of rotatable bonds is 6. The fourth-order valence-electron chi connectivity index (χ4n) is 4.61. The average Bonchev–Trinajstić information content (AvgIpc) is 2.81. The lowest BCUT2D eigenvalue weighted by Gasteiger charge is -2.40. The van der Waals surface area contributed by atoms with Crippen molar-refractivity contribution in [1.29, 1.82) is 0 Å². The highest BCUT2D eigenvalue weighted by Crippen LogP contribution is 2.34. The predicted molar refractivity (Wildman–Crippen MR) is 122 cm³/mol. The van der Waals surface area contributed by atoms with Crippen LogP contribution in [0, 0.1) is 0 Å². The molecule has 1 saturated heterocycles. The van der Waals surface area contributed by atoms with Crippen LogP contribution >= 0.6 is 11.6 Å². The highest BCUT2D eigenvalue weighted by Gasteiger charge is 2.44. The second-order valence-corrected chi connectivity index (χ2v) is 9.39. The summed E-state index contributed by atoms with van der Waals surface area (Å²) in [7, 11) is 0. The maximum atomic E-state index is 10.4. The lowest BCUT2D eigenvalue weighted by Crippen LogP contribution is -2.55.